The van der Waals surface area contributed by atoms with Gasteiger partial charge in [-0.1, -0.05) is 55.8 Å². The first kappa shape index (κ1) is 14.6. The molecule has 3 rings (SSSR count). The molecule has 0 aromatic heterocycles. The van der Waals surface area contributed by atoms with Crippen molar-refractivity contribution in [2.75, 3.05) is 6.54 Å². The summed E-state index contributed by atoms with van der Waals surface area (Å²) in [5.74, 6) is 1.60. The number of hydrogen-bond donors (Lipinski definition) is 1. The fourth-order valence-corrected chi connectivity index (χ4v) is 4.18. The third-order valence-electron chi connectivity index (χ3n) is 6.41. The minimum atomic E-state index is 0.509. The fourth-order valence-electron chi connectivity index (χ4n) is 3.92. The van der Waals surface area contributed by atoms with Crippen molar-refractivity contribution in [3.05, 3.63) is 34.3 Å². The average molecular weight is 336 g/mol. The van der Waals surface area contributed by atoms with Gasteiger partial charge in [-0.25, -0.2) is 0 Å². The smallest absolute Gasteiger partial charge is 0.0175 e. The minimum Gasteiger partial charge on any atom is -0.314 e. The first-order valence-electron chi connectivity index (χ1n) is 7.81. The Morgan fingerprint density at radius 2 is 1.60 bits per heavy atom. The Morgan fingerprint density at radius 1 is 1.05 bits per heavy atom. The third kappa shape index (κ3) is 2.35. The van der Waals surface area contributed by atoms with E-state index < -0.39 is 0 Å². The zero-order valence-corrected chi connectivity index (χ0v) is 14.6. The molecule has 0 aliphatic heterocycles. The second-order valence-corrected chi connectivity index (χ2v) is 8.74. The summed E-state index contributed by atoms with van der Waals surface area (Å²) >= 11 is 3.50. The molecule has 2 aliphatic rings. The maximum atomic E-state index is 3.79. The van der Waals surface area contributed by atoms with Crippen LogP contribution in [0.3, 0.4) is 0 Å². The van der Waals surface area contributed by atoms with Crippen molar-refractivity contribution in [2.45, 2.75) is 52.5 Å². The number of hydrogen-bond acceptors (Lipinski definition) is 1. The molecule has 1 nitrogen and oxygen atoms in total. The van der Waals surface area contributed by atoms with E-state index in [9.17, 15) is 0 Å². The van der Waals surface area contributed by atoms with Crippen LogP contribution in [0.4, 0.5) is 0 Å². The molecule has 1 aromatic carbocycles. The van der Waals surface area contributed by atoms with Crippen molar-refractivity contribution < 1.29 is 0 Å². The molecule has 0 bridgehead atoms. The summed E-state index contributed by atoms with van der Waals surface area (Å²) in [4.78, 5) is 0. The highest BCUT2D eigenvalue weighted by atomic mass is 79.9. The zero-order valence-electron chi connectivity index (χ0n) is 13.0. The van der Waals surface area contributed by atoms with Crippen molar-refractivity contribution in [1.82, 2.24) is 5.32 Å². The van der Waals surface area contributed by atoms with Crippen LogP contribution in [-0.2, 0) is 0 Å². The molecule has 0 unspecified atom stereocenters. The van der Waals surface area contributed by atoms with Crippen LogP contribution in [-0.4, -0.2) is 12.6 Å². The Morgan fingerprint density at radius 3 is 2.10 bits per heavy atom. The highest BCUT2D eigenvalue weighted by Gasteiger charge is 2.64. The van der Waals surface area contributed by atoms with E-state index in [4.69, 9.17) is 0 Å². The monoisotopic (exact) mass is 335 g/mol. The average Bonchev–Trinajstić information content (AvgIpc) is 2.71. The second-order valence-electron chi connectivity index (χ2n) is 7.82. The topological polar surface area (TPSA) is 12.0 Å². The summed E-state index contributed by atoms with van der Waals surface area (Å²) in [6, 6.07) is 9.57. The molecule has 0 atom stereocenters. The molecular formula is C18H26BrN. The molecule has 2 heteroatoms. The van der Waals surface area contributed by atoms with Gasteiger partial charge in [-0.15, -0.1) is 0 Å². The number of benzene rings is 1. The van der Waals surface area contributed by atoms with Crippen molar-refractivity contribution >= 4 is 15.9 Å². The van der Waals surface area contributed by atoms with E-state index in [1.807, 2.05) is 0 Å². The Balaban J connectivity index is 1.44. The van der Waals surface area contributed by atoms with Crippen LogP contribution in [0, 0.1) is 16.7 Å². The van der Waals surface area contributed by atoms with E-state index in [1.165, 1.54) is 29.4 Å². The summed E-state index contributed by atoms with van der Waals surface area (Å²) in [5.41, 5.74) is 2.52. The first-order valence-corrected chi connectivity index (χ1v) is 8.60. The molecule has 110 valence electrons. The Labute approximate surface area is 131 Å². The van der Waals surface area contributed by atoms with E-state index in [1.54, 1.807) is 0 Å². The molecule has 0 spiro atoms. The largest absolute Gasteiger partial charge is 0.314 e. The minimum absolute atomic E-state index is 0.509. The van der Waals surface area contributed by atoms with E-state index in [0.717, 1.165) is 17.9 Å². The van der Waals surface area contributed by atoms with Gasteiger partial charge < -0.3 is 5.32 Å². The number of halogens is 1. The van der Waals surface area contributed by atoms with Gasteiger partial charge in [-0.3, -0.25) is 0 Å². The summed E-state index contributed by atoms with van der Waals surface area (Å²) in [5, 5.41) is 3.79. The van der Waals surface area contributed by atoms with E-state index in [2.05, 4.69) is 73.2 Å². The lowest BCUT2D eigenvalue weighted by atomic mass is 9.76. The van der Waals surface area contributed by atoms with Crippen LogP contribution in [0.2, 0.25) is 0 Å². The summed E-state index contributed by atoms with van der Waals surface area (Å²) in [7, 11) is 0. The quantitative estimate of drug-likeness (QED) is 0.819. The van der Waals surface area contributed by atoms with E-state index in [0.29, 0.717) is 10.8 Å². The molecule has 1 N–H and O–H groups in total. The summed E-state index contributed by atoms with van der Waals surface area (Å²) in [6.07, 6.45) is 2.60. The molecule has 1 aromatic rings. The van der Waals surface area contributed by atoms with Crippen LogP contribution in [0.15, 0.2) is 28.7 Å². The molecule has 0 radical (unpaired) electrons. The Bertz CT molecular complexity index is 469. The van der Waals surface area contributed by atoms with Gasteiger partial charge in [0.1, 0.15) is 0 Å². The third-order valence-corrected chi connectivity index (χ3v) is 6.94. The SMILES string of the molecule is CC1(C)C(CNC2CC(c3ccc(Br)cc3)C2)C1(C)C. The molecule has 0 amide bonds. The van der Waals surface area contributed by atoms with Gasteiger partial charge in [-0.2, -0.15) is 0 Å². The van der Waals surface area contributed by atoms with Crippen molar-refractivity contribution in [3.63, 3.8) is 0 Å². The first-order chi connectivity index (χ1) is 9.32. The van der Waals surface area contributed by atoms with Gasteiger partial charge in [0.25, 0.3) is 0 Å². The maximum Gasteiger partial charge on any atom is 0.0175 e. The van der Waals surface area contributed by atoms with Crippen LogP contribution in [0.25, 0.3) is 0 Å². The van der Waals surface area contributed by atoms with Crippen molar-refractivity contribution in [3.8, 4) is 0 Å². The van der Waals surface area contributed by atoms with Crippen LogP contribution in [0.1, 0.15) is 52.0 Å². The lowest BCUT2D eigenvalue weighted by Crippen LogP contribution is -2.41. The highest BCUT2D eigenvalue weighted by Crippen LogP contribution is 2.68. The second kappa shape index (κ2) is 4.84. The van der Waals surface area contributed by atoms with Crippen LogP contribution < -0.4 is 5.32 Å². The van der Waals surface area contributed by atoms with E-state index in [-0.39, 0.29) is 0 Å². The Hall–Kier alpha value is -0.340. The van der Waals surface area contributed by atoms with Crippen LogP contribution >= 0.6 is 15.9 Å². The van der Waals surface area contributed by atoms with Crippen LogP contribution in [0.5, 0.6) is 0 Å². The van der Waals surface area contributed by atoms with Gasteiger partial charge in [-0.05, 0) is 59.7 Å². The summed E-state index contributed by atoms with van der Waals surface area (Å²) in [6.45, 7) is 10.8. The van der Waals surface area contributed by atoms with Crippen molar-refractivity contribution in [1.29, 1.82) is 0 Å². The molecule has 2 aliphatic carbocycles. The predicted octanol–water partition coefficient (Wildman–Crippen LogP) is 4.97. The predicted molar refractivity (Wildman–Crippen MR) is 89.0 cm³/mol. The normalized spacial score (nSPS) is 30.9. The molecule has 2 fully saturated rings. The Kier molecular flexibility index (Phi) is 3.53. The van der Waals surface area contributed by atoms with Gasteiger partial charge in [0.05, 0.1) is 0 Å². The fraction of sp³-hybridized carbons (Fsp3) is 0.667. The molecular weight excluding hydrogens is 310 g/mol. The molecule has 20 heavy (non-hydrogen) atoms. The lowest BCUT2D eigenvalue weighted by Gasteiger charge is -2.36. The number of nitrogens with one attached hydrogen (secondary N) is 1. The highest BCUT2D eigenvalue weighted by molar-refractivity contribution is 9.10. The molecule has 0 saturated heterocycles. The van der Waals surface area contributed by atoms with Gasteiger partial charge in [0, 0.05) is 10.5 Å². The van der Waals surface area contributed by atoms with Crippen molar-refractivity contribution in [2.24, 2.45) is 16.7 Å². The van der Waals surface area contributed by atoms with E-state index >= 15 is 0 Å². The summed E-state index contributed by atoms with van der Waals surface area (Å²) < 4.78 is 1.17. The van der Waals surface area contributed by atoms with Gasteiger partial charge in [0.2, 0.25) is 0 Å². The maximum absolute atomic E-state index is 3.79. The zero-order chi connectivity index (χ0) is 14.5. The number of rotatable bonds is 4. The lowest BCUT2D eigenvalue weighted by molar-refractivity contribution is 0.282. The molecule has 2 saturated carbocycles. The molecule has 0 heterocycles. The van der Waals surface area contributed by atoms with Gasteiger partial charge >= 0.3 is 0 Å². The van der Waals surface area contributed by atoms with Gasteiger partial charge in [0.15, 0.2) is 0 Å². The standard InChI is InChI=1S/C18H26BrN/c1-17(2)16(18(17,3)4)11-20-15-9-13(10-15)12-5-7-14(19)8-6-12/h5-8,13,15-16,20H,9-11H2,1-4H3.